The minimum Gasteiger partial charge on any atom is -0.381 e. The van der Waals surface area contributed by atoms with E-state index in [2.05, 4.69) is 0 Å². The fraction of sp³-hybridized carbons (Fsp3) is 0.929. The van der Waals surface area contributed by atoms with Gasteiger partial charge in [0.25, 0.3) is 0 Å². The van der Waals surface area contributed by atoms with E-state index in [0.717, 1.165) is 39.1 Å². The monoisotopic (exact) mass is 292 g/mol. The van der Waals surface area contributed by atoms with Crippen LogP contribution in [0.4, 0.5) is 0 Å². The van der Waals surface area contributed by atoms with Crippen LogP contribution < -0.4 is 5.73 Å². The first-order valence-corrected chi connectivity index (χ1v) is 6.98. The van der Waals surface area contributed by atoms with Crippen molar-refractivity contribution in [1.82, 2.24) is 4.90 Å². The number of nitrogens with zero attached hydrogens (tertiary/aromatic N) is 1. The van der Waals surface area contributed by atoms with E-state index in [9.17, 15) is 4.79 Å². The van der Waals surface area contributed by atoms with Crippen LogP contribution in [0.2, 0.25) is 0 Å². The molecule has 1 fully saturated rings. The van der Waals surface area contributed by atoms with Gasteiger partial charge < -0.3 is 15.4 Å². The Kier molecular flexibility index (Phi) is 7.94. The van der Waals surface area contributed by atoms with Crippen LogP contribution in [0, 0.1) is 11.3 Å². The highest BCUT2D eigenvalue weighted by atomic mass is 35.5. The third kappa shape index (κ3) is 5.67. The summed E-state index contributed by atoms with van der Waals surface area (Å²) in [6.07, 6.45) is 2.20. The van der Waals surface area contributed by atoms with Gasteiger partial charge in [-0.15, -0.1) is 12.4 Å². The summed E-state index contributed by atoms with van der Waals surface area (Å²) < 4.78 is 5.46. The number of likely N-dealkylation sites (tertiary alicyclic amines) is 1. The van der Waals surface area contributed by atoms with Crippen molar-refractivity contribution >= 4 is 18.3 Å². The number of carbonyl (C=O) groups excluding carboxylic acids is 1. The standard InChI is InChI=1S/C14H28N2O2.ClH/c1-5-18-10-11-7-6-8-16(9-11)13(17)12(15)14(2,3)4;/h11-12H,5-10,15H2,1-4H3;1H/t11?,12-;/m1./s1. The molecule has 1 amide bonds. The van der Waals surface area contributed by atoms with Crippen LogP contribution in [0.25, 0.3) is 0 Å². The van der Waals surface area contributed by atoms with Gasteiger partial charge >= 0.3 is 0 Å². The number of ether oxygens (including phenoxy) is 1. The zero-order valence-electron chi connectivity index (χ0n) is 12.6. The molecule has 4 nitrogen and oxygen atoms in total. The van der Waals surface area contributed by atoms with Crippen molar-refractivity contribution in [2.75, 3.05) is 26.3 Å². The lowest BCUT2D eigenvalue weighted by atomic mass is 9.86. The Hall–Kier alpha value is -0.320. The Labute approximate surface area is 123 Å². The molecule has 0 radical (unpaired) electrons. The highest BCUT2D eigenvalue weighted by Crippen LogP contribution is 2.22. The number of hydrogen-bond acceptors (Lipinski definition) is 3. The van der Waals surface area contributed by atoms with Gasteiger partial charge in [-0.3, -0.25) is 4.79 Å². The predicted molar refractivity (Wildman–Crippen MR) is 80.5 cm³/mol. The summed E-state index contributed by atoms with van der Waals surface area (Å²) in [5, 5.41) is 0. The Balaban J connectivity index is 0.00000324. The molecule has 0 aromatic rings. The topological polar surface area (TPSA) is 55.6 Å². The minimum absolute atomic E-state index is 0. The third-order valence-electron chi connectivity index (χ3n) is 3.59. The van der Waals surface area contributed by atoms with Gasteiger partial charge in [0.2, 0.25) is 5.91 Å². The predicted octanol–water partition coefficient (Wildman–Crippen LogP) is 2.06. The first-order valence-electron chi connectivity index (χ1n) is 6.98. The smallest absolute Gasteiger partial charge is 0.240 e. The highest BCUT2D eigenvalue weighted by Gasteiger charge is 2.33. The first kappa shape index (κ1) is 18.7. The number of halogens is 1. The van der Waals surface area contributed by atoms with Crippen LogP contribution in [0.3, 0.4) is 0 Å². The molecule has 1 heterocycles. The van der Waals surface area contributed by atoms with Crippen LogP contribution in [0.15, 0.2) is 0 Å². The number of piperidine rings is 1. The summed E-state index contributed by atoms with van der Waals surface area (Å²) in [5.41, 5.74) is 5.87. The quantitative estimate of drug-likeness (QED) is 0.863. The van der Waals surface area contributed by atoms with Crippen LogP contribution in [-0.2, 0) is 9.53 Å². The Bertz CT molecular complexity index is 279. The van der Waals surface area contributed by atoms with Gasteiger partial charge in [0.15, 0.2) is 0 Å². The molecule has 2 atom stereocenters. The van der Waals surface area contributed by atoms with Crippen LogP contribution in [0.1, 0.15) is 40.5 Å². The Morgan fingerprint density at radius 1 is 1.47 bits per heavy atom. The molecule has 0 aliphatic carbocycles. The molecule has 1 unspecified atom stereocenters. The summed E-state index contributed by atoms with van der Waals surface area (Å²) in [4.78, 5) is 14.2. The van der Waals surface area contributed by atoms with Crippen LogP contribution >= 0.6 is 12.4 Å². The average Bonchev–Trinajstić information content (AvgIpc) is 2.33. The van der Waals surface area contributed by atoms with Gasteiger partial charge in [-0.2, -0.15) is 0 Å². The summed E-state index contributed by atoms with van der Waals surface area (Å²) in [6, 6.07) is -0.414. The van der Waals surface area contributed by atoms with Crippen molar-refractivity contribution in [3.05, 3.63) is 0 Å². The van der Waals surface area contributed by atoms with Gasteiger partial charge in [0, 0.05) is 19.7 Å². The number of nitrogens with two attached hydrogens (primary N) is 1. The third-order valence-corrected chi connectivity index (χ3v) is 3.59. The SMILES string of the molecule is CCOCC1CCCN(C(=O)[C@@H](N)C(C)(C)C)C1.Cl. The maximum atomic E-state index is 12.3. The van der Waals surface area contributed by atoms with E-state index in [1.165, 1.54) is 0 Å². The van der Waals surface area contributed by atoms with Crippen molar-refractivity contribution in [1.29, 1.82) is 0 Å². The second kappa shape index (κ2) is 8.08. The maximum absolute atomic E-state index is 12.3. The molecule has 0 aromatic heterocycles. The molecule has 1 aliphatic heterocycles. The van der Waals surface area contributed by atoms with Crippen molar-refractivity contribution in [3.63, 3.8) is 0 Å². The summed E-state index contributed by atoms with van der Waals surface area (Å²) >= 11 is 0. The van der Waals surface area contributed by atoms with Gasteiger partial charge in [-0.1, -0.05) is 20.8 Å². The Morgan fingerprint density at radius 3 is 2.63 bits per heavy atom. The average molecular weight is 293 g/mol. The molecule has 1 aliphatic rings. The zero-order valence-corrected chi connectivity index (χ0v) is 13.5. The van der Waals surface area contributed by atoms with E-state index in [0.29, 0.717) is 5.92 Å². The molecule has 0 saturated carbocycles. The minimum atomic E-state index is -0.414. The molecule has 0 aromatic carbocycles. The molecule has 2 N–H and O–H groups in total. The lowest BCUT2D eigenvalue weighted by Crippen LogP contribution is -2.53. The van der Waals surface area contributed by atoms with Crippen molar-refractivity contribution < 1.29 is 9.53 Å². The molecule has 0 bridgehead atoms. The molecular weight excluding hydrogens is 264 g/mol. The number of hydrogen-bond donors (Lipinski definition) is 1. The van der Waals surface area contributed by atoms with E-state index in [1.807, 2.05) is 32.6 Å². The van der Waals surface area contributed by atoms with Gasteiger partial charge in [0.05, 0.1) is 12.6 Å². The normalized spacial score (nSPS) is 21.7. The van der Waals surface area contributed by atoms with Crippen LogP contribution in [-0.4, -0.2) is 43.2 Å². The van der Waals surface area contributed by atoms with Crippen molar-refractivity contribution in [3.8, 4) is 0 Å². The van der Waals surface area contributed by atoms with Crippen molar-refractivity contribution in [2.45, 2.75) is 46.6 Å². The van der Waals surface area contributed by atoms with Gasteiger partial charge in [0.1, 0.15) is 0 Å². The number of carbonyl (C=O) groups is 1. The second-order valence-electron chi connectivity index (χ2n) is 6.30. The summed E-state index contributed by atoms with van der Waals surface area (Å²) in [7, 11) is 0. The fourth-order valence-electron chi connectivity index (χ4n) is 2.25. The van der Waals surface area contributed by atoms with E-state index in [-0.39, 0.29) is 23.7 Å². The van der Waals surface area contributed by atoms with E-state index in [4.69, 9.17) is 10.5 Å². The zero-order chi connectivity index (χ0) is 13.8. The Morgan fingerprint density at radius 2 is 2.11 bits per heavy atom. The molecule has 114 valence electrons. The largest absolute Gasteiger partial charge is 0.381 e. The molecule has 19 heavy (non-hydrogen) atoms. The first-order chi connectivity index (χ1) is 8.36. The number of amides is 1. The van der Waals surface area contributed by atoms with E-state index in [1.54, 1.807) is 0 Å². The lowest BCUT2D eigenvalue weighted by molar-refractivity contribution is -0.137. The second-order valence-corrected chi connectivity index (χ2v) is 6.30. The lowest BCUT2D eigenvalue weighted by Gasteiger charge is -2.37. The summed E-state index contributed by atoms with van der Waals surface area (Å²) in [5.74, 6) is 0.554. The molecule has 1 saturated heterocycles. The number of rotatable bonds is 4. The van der Waals surface area contributed by atoms with E-state index < -0.39 is 6.04 Å². The molecular formula is C14H29ClN2O2. The molecule has 1 rings (SSSR count). The fourth-order valence-corrected chi connectivity index (χ4v) is 2.25. The summed E-state index contributed by atoms with van der Waals surface area (Å²) in [6.45, 7) is 11.2. The van der Waals surface area contributed by atoms with Gasteiger partial charge in [-0.05, 0) is 31.1 Å². The highest BCUT2D eigenvalue weighted by molar-refractivity contribution is 5.85. The molecule has 5 heteroatoms. The van der Waals surface area contributed by atoms with E-state index >= 15 is 0 Å². The molecule has 0 spiro atoms. The van der Waals surface area contributed by atoms with Crippen LogP contribution in [0.5, 0.6) is 0 Å². The van der Waals surface area contributed by atoms with Gasteiger partial charge in [-0.25, -0.2) is 0 Å². The van der Waals surface area contributed by atoms with Crippen molar-refractivity contribution in [2.24, 2.45) is 17.1 Å². The maximum Gasteiger partial charge on any atom is 0.240 e.